The fourth-order valence-corrected chi connectivity index (χ4v) is 5.64. The van der Waals surface area contributed by atoms with Crippen LogP contribution in [0.25, 0.3) is 5.69 Å². The summed E-state index contributed by atoms with van der Waals surface area (Å²) in [6, 6.07) is 9.14. The number of carbonyl (C=O) groups excluding carboxylic acids is 3. The summed E-state index contributed by atoms with van der Waals surface area (Å²) in [6.07, 6.45) is 3.55. The summed E-state index contributed by atoms with van der Waals surface area (Å²) in [5.74, 6) is -0.263. The van der Waals surface area contributed by atoms with Crippen LogP contribution >= 0.6 is 0 Å². The number of carboxylic acid groups (broad SMARTS) is 1. The highest BCUT2D eigenvalue weighted by Crippen LogP contribution is 2.20. The van der Waals surface area contributed by atoms with Gasteiger partial charge in [0.15, 0.2) is 0 Å². The van der Waals surface area contributed by atoms with E-state index in [1.165, 1.54) is 28.2 Å². The number of aromatic nitrogens is 2. The van der Waals surface area contributed by atoms with E-state index in [4.69, 9.17) is 9.84 Å². The average molecular weight is 655 g/mol. The van der Waals surface area contributed by atoms with Crippen molar-refractivity contribution in [1.82, 2.24) is 35.3 Å². The highest BCUT2D eigenvalue weighted by atomic mass is 16.6. The Morgan fingerprint density at radius 3 is 2.06 bits per heavy atom. The molecule has 5 N–H and O–H groups in total. The van der Waals surface area contributed by atoms with Crippen LogP contribution in [0, 0.1) is 0 Å². The Morgan fingerprint density at radius 1 is 0.894 bits per heavy atom. The summed E-state index contributed by atoms with van der Waals surface area (Å²) in [7, 11) is 0. The minimum absolute atomic E-state index is 0.110. The summed E-state index contributed by atoms with van der Waals surface area (Å²) in [6.45, 7) is 10.2. The molecule has 0 radical (unpaired) electrons. The van der Waals surface area contributed by atoms with E-state index in [1.807, 2.05) is 45.0 Å². The predicted molar refractivity (Wildman–Crippen MR) is 174 cm³/mol. The minimum atomic E-state index is -1.29. The Bertz CT molecular complexity index is 1490. The summed E-state index contributed by atoms with van der Waals surface area (Å²) in [5, 5.41) is 20.4. The molecule has 0 atom stereocenters. The van der Waals surface area contributed by atoms with Gasteiger partial charge in [-0.05, 0) is 84.1 Å². The first-order valence-electron chi connectivity index (χ1n) is 15.9. The van der Waals surface area contributed by atoms with Gasteiger partial charge < -0.3 is 35.6 Å². The van der Waals surface area contributed by atoms with Crippen LogP contribution in [0.4, 0.5) is 20.2 Å². The zero-order valence-electron chi connectivity index (χ0n) is 27.7. The number of nitrogens with one attached hydrogen (secondary N) is 4. The molecule has 47 heavy (non-hydrogen) atoms. The van der Waals surface area contributed by atoms with Crippen molar-refractivity contribution < 1.29 is 29.0 Å². The molecule has 1 saturated carbocycles. The number of hydrogen-bond donors (Lipinski definition) is 5. The summed E-state index contributed by atoms with van der Waals surface area (Å²) >= 11 is 0. The van der Waals surface area contributed by atoms with Gasteiger partial charge in [-0.2, -0.15) is 4.98 Å². The largest absolute Gasteiger partial charge is 0.465 e. The number of piperazine rings is 1. The van der Waals surface area contributed by atoms with Crippen LogP contribution in [-0.4, -0.2) is 98.0 Å². The second-order valence-electron chi connectivity index (χ2n) is 13.5. The maximum absolute atomic E-state index is 12.8. The second-order valence-corrected chi connectivity index (χ2v) is 13.5. The maximum Gasteiger partial charge on any atom is 0.407 e. The molecule has 15 nitrogen and oxygen atoms in total. The standard InChI is InChI=1S/C32H46N8O7/c1-31(2,3)47-30(46)34-23-10-8-22(9-11-23)33-20-21-6-12-24(13-7-21)40-15-14-25(36-28(40)43)35-27(42)39-18-16-38(17-19-39)26(41)32(4,5)37-29(44)45/h6-7,12-15,22-23,33,37H,8-11,16-20H2,1-5H3,(H,34,46)(H,44,45)(H,35,36,42,43)/t22-,23-. The molecule has 2 fully saturated rings. The molecule has 1 aromatic heterocycles. The van der Waals surface area contributed by atoms with Crippen molar-refractivity contribution in [2.24, 2.45) is 0 Å². The van der Waals surface area contributed by atoms with Gasteiger partial charge in [0, 0.05) is 51.0 Å². The van der Waals surface area contributed by atoms with Crippen LogP contribution in [0.1, 0.15) is 65.9 Å². The predicted octanol–water partition coefficient (Wildman–Crippen LogP) is 2.88. The molecule has 2 aromatic rings. The van der Waals surface area contributed by atoms with Gasteiger partial charge in [-0.3, -0.25) is 14.7 Å². The fraction of sp³-hybridized carbons (Fsp3) is 0.562. The lowest BCUT2D eigenvalue weighted by atomic mass is 9.91. The van der Waals surface area contributed by atoms with Crippen molar-refractivity contribution in [3.05, 3.63) is 52.6 Å². The number of amides is 5. The van der Waals surface area contributed by atoms with E-state index in [1.54, 1.807) is 12.3 Å². The Morgan fingerprint density at radius 2 is 1.49 bits per heavy atom. The van der Waals surface area contributed by atoms with Crippen LogP contribution < -0.4 is 27.0 Å². The lowest BCUT2D eigenvalue weighted by Crippen LogP contribution is -2.60. The highest BCUT2D eigenvalue weighted by molar-refractivity contribution is 5.90. The number of urea groups is 1. The van der Waals surface area contributed by atoms with Crippen molar-refractivity contribution in [3.8, 4) is 5.69 Å². The van der Waals surface area contributed by atoms with E-state index < -0.39 is 29.0 Å². The zero-order valence-corrected chi connectivity index (χ0v) is 27.7. The van der Waals surface area contributed by atoms with Crippen molar-refractivity contribution in [2.75, 3.05) is 31.5 Å². The lowest BCUT2D eigenvalue weighted by molar-refractivity contribution is -0.138. The SMILES string of the molecule is CC(C)(C)OC(=O)N[C@H]1CC[C@H](NCc2ccc(-n3ccc(NC(=O)N4CCN(C(=O)C(C)(C)NC(=O)O)CC4)nc3=O)cc2)CC1. The Labute approximate surface area is 274 Å². The molecule has 4 rings (SSSR count). The van der Waals surface area contributed by atoms with Crippen LogP contribution in [-0.2, 0) is 16.1 Å². The molecule has 15 heteroatoms. The first kappa shape index (κ1) is 35.2. The van der Waals surface area contributed by atoms with Gasteiger partial charge in [-0.1, -0.05) is 12.1 Å². The van der Waals surface area contributed by atoms with Crippen LogP contribution in [0.15, 0.2) is 41.3 Å². The van der Waals surface area contributed by atoms with Gasteiger partial charge in [-0.15, -0.1) is 0 Å². The molecule has 1 saturated heterocycles. The van der Waals surface area contributed by atoms with E-state index in [0.29, 0.717) is 18.3 Å². The third-order valence-corrected chi connectivity index (χ3v) is 8.10. The number of hydrogen-bond acceptors (Lipinski definition) is 8. The molecular formula is C32H46N8O7. The number of benzene rings is 1. The normalized spacial score (nSPS) is 18.7. The van der Waals surface area contributed by atoms with E-state index in [0.717, 1.165) is 31.2 Å². The van der Waals surface area contributed by atoms with Gasteiger partial charge in [0.1, 0.15) is 17.0 Å². The third kappa shape index (κ3) is 10.2. The van der Waals surface area contributed by atoms with Crippen molar-refractivity contribution in [2.45, 2.75) is 90.1 Å². The lowest BCUT2D eigenvalue weighted by Gasteiger charge is -2.38. The van der Waals surface area contributed by atoms with Gasteiger partial charge in [0.05, 0.1) is 5.69 Å². The Hall–Kier alpha value is -4.66. The molecule has 0 bridgehead atoms. The third-order valence-electron chi connectivity index (χ3n) is 8.10. The molecular weight excluding hydrogens is 608 g/mol. The van der Waals surface area contributed by atoms with Crippen molar-refractivity contribution in [1.29, 1.82) is 0 Å². The molecule has 5 amide bonds. The molecule has 1 aromatic carbocycles. The first-order chi connectivity index (χ1) is 22.1. The topological polar surface area (TPSA) is 187 Å². The van der Waals surface area contributed by atoms with Crippen molar-refractivity contribution in [3.63, 3.8) is 0 Å². The fourth-order valence-electron chi connectivity index (χ4n) is 5.64. The first-order valence-corrected chi connectivity index (χ1v) is 15.9. The van der Waals surface area contributed by atoms with Gasteiger partial charge >= 0.3 is 23.9 Å². The van der Waals surface area contributed by atoms with Gasteiger partial charge in [0.25, 0.3) is 0 Å². The van der Waals surface area contributed by atoms with Crippen LogP contribution in [0.5, 0.6) is 0 Å². The molecule has 2 heterocycles. The quantitative estimate of drug-likeness (QED) is 0.285. The van der Waals surface area contributed by atoms with Gasteiger partial charge in [0.2, 0.25) is 5.91 Å². The van der Waals surface area contributed by atoms with E-state index in [-0.39, 0.29) is 50.0 Å². The Balaban J connectivity index is 1.22. The molecule has 1 aliphatic carbocycles. The summed E-state index contributed by atoms with van der Waals surface area (Å²) in [4.78, 5) is 68.4. The average Bonchev–Trinajstić information content (AvgIpc) is 2.99. The van der Waals surface area contributed by atoms with E-state index in [9.17, 15) is 24.0 Å². The molecule has 0 unspecified atom stereocenters. The summed E-state index contributed by atoms with van der Waals surface area (Å²) < 4.78 is 6.75. The second kappa shape index (κ2) is 14.8. The van der Waals surface area contributed by atoms with Crippen LogP contribution in [0.3, 0.4) is 0 Å². The summed E-state index contributed by atoms with van der Waals surface area (Å²) in [5.41, 5.74) is -0.646. The maximum atomic E-state index is 12.8. The number of rotatable bonds is 8. The monoisotopic (exact) mass is 654 g/mol. The number of ether oxygens (including phenoxy) is 1. The van der Waals surface area contributed by atoms with Gasteiger partial charge in [-0.25, -0.2) is 19.2 Å². The smallest absolute Gasteiger partial charge is 0.407 e. The number of alkyl carbamates (subject to hydrolysis) is 1. The molecule has 256 valence electrons. The number of carbonyl (C=O) groups is 4. The number of nitrogens with zero attached hydrogens (tertiary/aromatic N) is 4. The molecule has 0 spiro atoms. The van der Waals surface area contributed by atoms with Crippen LogP contribution in [0.2, 0.25) is 0 Å². The number of anilines is 1. The molecule has 1 aliphatic heterocycles. The van der Waals surface area contributed by atoms with E-state index >= 15 is 0 Å². The van der Waals surface area contributed by atoms with E-state index in [2.05, 4.69) is 26.3 Å². The highest BCUT2D eigenvalue weighted by Gasteiger charge is 2.35. The zero-order chi connectivity index (χ0) is 34.4. The Kier molecular flexibility index (Phi) is 11.1. The molecule has 2 aliphatic rings. The minimum Gasteiger partial charge on any atom is -0.465 e. The van der Waals surface area contributed by atoms with Crippen molar-refractivity contribution >= 4 is 29.9 Å².